The molecule has 0 saturated carbocycles. The molecule has 3 heterocycles. The minimum atomic E-state index is 0.0553. The Morgan fingerprint density at radius 2 is 2.04 bits per heavy atom. The fourth-order valence-electron chi connectivity index (χ4n) is 2.92. The first-order chi connectivity index (χ1) is 11.7. The van der Waals surface area contributed by atoms with Crippen molar-refractivity contribution in [3.63, 3.8) is 0 Å². The molecular weight excluding hydrogens is 322 g/mol. The van der Waals surface area contributed by atoms with Crippen LogP contribution in [0.15, 0.2) is 12.4 Å². The molecule has 1 aliphatic rings. The Labute approximate surface area is 146 Å². The third kappa shape index (κ3) is 3.61. The maximum Gasteiger partial charge on any atom is 0.317 e. The Morgan fingerprint density at radius 1 is 1.25 bits per heavy atom. The van der Waals surface area contributed by atoms with Gasteiger partial charge in [0.15, 0.2) is 0 Å². The first-order valence-corrected chi connectivity index (χ1v) is 9.55. The predicted molar refractivity (Wildman–Crippen MR) is 98.9 cm³/mol. The zero-order chi connectivity index (χ0) is 16.9. The molecule has 1 fully saturated rings. The molecule has 0 unspecified atom stereocenters. The number of rotatable bonds is 5. The quantitative estimate of drug-likeness (QED) is 0.845. The topological polar surface area (TPSA) is 61.4 Å². The summed E-state index contributed by atoms with van der Waals surface area (Å²) in [5.41, 5.74) is 0. The van der Waals surface area contributed by atoms with E-state index in [0.717, 1.165) is 68.0 Å². The number of thiophene rings is 1. The van der Waals surface area contributed by atoms with Crippen LogP contribution in [-0.4, -0.2) is 53.6 Å². The second kappa shape index (κ2) is 7.79. The number of aryl methyl sites for hydroxylation is 1. The van der Waals surface area contributed by atoms with Crippen molar-refractivity contribution in [2.45, 2.75) is 33.1 Å². The van der Waals surface area contributed by atoms with Gasteiger partial charge in [-0.2, -0.15) is 0 Å². The Bertz CT molecular complexity index is 693. The van der Waals surface area contributed by atoms with Gasteiger partial charge in [-0.1, -0.05) is 20.3 Å². The lowest BCUT2D eigenvalue weighted by Gasteiger charge is -2.35. The number of amides is 2. The number of unbranched alkanes of at least 4 members (excludes halogenated alkanes) is 1. The summed E-state index contributed by atoms with van der Waals surface area (Å²) in [7, 11) is 0. The summed E-state index contributed by atoms with van der Waals surface area (Å²) in [6.45, 7) is 8.13. The van der Waals surface area contributed by atoms with Crippen LogP contribution in [0.2, 0.25) is 0 Å². The van der Waals surface area contributed by atoms with Crippen molar-refractivity contribution < 1.29 is 4.79 Å². The maximum atomic E-state index is 12.1. The number of nitrogens with zero attached hydrogens (tertiary/aromatic N) is 4. The first kappa shape index (κ1) is 17.0. The highest BCUT2D eigenvalue weighted by Gasteiger charge is 2.23. The molecule has 0 spiro atoms. The largest absolute Gasteiger partial charge is 0.352 e. The van der Waals surface area contributed by atoms with Gasteiger partial charge in [-0.05, 0) is 18.9 Å². The molecule has 0 aliphatic carbocycles. The SMILES string of the molecule is CCCCNC(=O)N1CCN(c2ncnc3sc(CC)cc23)CC1. The Morgan fingerprint density at radius 3 is 2.75 bits per heavy atom. The molecule has 2 amide bonds. The van der Waals surface area contributed by atoms with Gasteiger partial charge < -0.3 is 15.1 Å². The molecule has 2 aromatic rings. The van der Waals surface area contributed by atoms with Gasteiger partial charge in [-0.3, -0.25) is 0 Å². The third-order valence-electron chi connectivity index (χ3n) is 4.38. The normalized spacial score (nSPS) is 15.1. The van der Waals surface area contributed by atoms with E-state index in [0.29, 0.717) is 0 Å². The number of nitrogens with one attached hydrogen (secondary N) is 1. The van der Waals surface area contributed by atoms with Crippen molar-refractivity contribution in [1.82, 2.24) is 20.2 Å². The summed E-state index contributed by atoms with van der Waals surface area (Å²) < 4.78 is 0. The monoisotopic (exact) mass is 347 g/mol. The highest BCUT2D eigenvalue weighted by Crippen LogP contribution is 2.30. The van der Waals surface area contributed by atoms with Crippen LogP contribution in [0.25, 0.3) is 10.2 Å². The fourth-order valence-corrected chi connectivity index (χ4v) is 3.85. The molecule has 3 rings (SSSR count). The molecule has 130 valence electrons. The van der Waals surface area contributed by atoms with E-state index in [2.05, 4.69) is 40.1 Å². The second-order valence-corrected chi connectivity index (χ2v) is 7.16. The van der Waals surface area contributed by atoms with Crippen LogP contribution in [-0.2, 0) is 6.42 Å². The summed E-state index contributed by atoms with van der Waals surface area (Å²) in [4.78, 5) is 27.6. The fraction of sp³-hybridized carbons (Fsp3) is 0.588. The maximum absolute atomic E-state index is 12.1. The van der Waals surface area contributed by atoms with Crippen molar-refractivity contribution in [2.24, 2.45) is 0 Å². The molecule has 0 bridgehead atoms. The molecule has 0 atom stereocenters. The lowest BCUT2D eigenvalue weighted by atomic mass is 10.2. The number of urea groups is 1. The predicted octanol–water partition coefficient (Wildman–Crippen LogP) is 2.89. The van der Waals surface area contributed by atoms with Crippen LogP contribution >= 0.6 is 11.3 Å². The van der Waals surface area contributed by atoms with E-state index >= 15 is 0 Å². The lowest BCUT2D eigenvalue weighted by Crippen LogP contribution is -2.52. The molecule has 1 N–H and O–H groups in total. The van der Waals surface area contributed by atoms with Crippen molar-refractivity contribution >= 4 is 33.4 Å². The Hall–Kier alpha value is -1.89. The van der Waals surface area contributed by atoms with Gasteiger partial charge in [0.25, 0.3) is 0 Å². The molecule has 1 aliphatic heterocycles. The molecular formula is C17H25N5OS. The minimum Gasteiger partial charge on any atom is -0.352 e. The lowest BCUT2D eigenvalue weighted by molar-refractivity contribution is 0.194. The molecule has 1 saturated heterocycles. The average molecular weight is 347 g/mol. The van der Waals surface area contributed by atoms with Crippen LogP contribution in [0.3, 0.4) is 0 Å². The van der Waals surface area contributed by atoms with Gasteiger partial charge in [0.05, 0.1) is 5.39 Å². The summed E-state index contributed by atoms with van der Waals surface area (Å²) >= 11 is 1.74. The number of carbonyl (C=O) groups is 1. The van der Waals surface area contributed by atoms with Crippen molar-refractivity contribution in [2.75, 3.05) is 37.6 Å². The van der Waals surface area contributed by atoms with Crippen LogP contribution in [0.1, 0.15) is 31.6 Å². The summed E-state index contributed by atoms with van der Waals surface area (Å²) in [5, 5.41) is 4.13. The molecule has 2 aromatic heterocycles. The van der Waals surface area contributed by atoms with E-state index in [4.69, 9.17) is 0 Å². The number of aromatic nitrogens is 2. The van der Waals surface area contributed by atoms with Crippen molar-refractivity contribution in [1.29, 1.82) is 0 Å². The zero-order valence-electron chi connectivity index (χ0n) is 14.4. The number of piperazine rings is 1. The van der Waals surface area contributed by atoms with Gasteiger partial charge >= 0.3 is 6.03 Å². The van der Waals surface area contributed by atoms with Gasteiger partial charge in [0, 0.05) is 37.6 Å². The van der Waals surface area contributed by atoms with E-state index in [1.54, 1.807) is 17.7 Å². The standard InChI is InChI=1S/C17H25N5OS/c1-3-5-6-18-17(23)22-9-7-21(8-10-22)15-14-11-13(4-2)24-16(14)20-12-19-15/h11-12H,3-10H2,1-2H3,(H,18,23). The molecule has 0 radical (unpaired) electrons. The van der Waals surface area contributed by atoms with E-state index in [1.807, 2.05) is 4.90 Å². The van der Waals surface area contributed by atoms with Crippen molar-refractivity contribution in [3.05, 3.63) is 17.3 Å². The van der Waals surface area contributed by atoms with Gasteiger partial charge in [-0.25, -0.2) is 14.8 Å². The van der Waals surface area contributed by atoms with Gasteiger partial charge in [-0.15, -0.1) is 11.3 Å². The number of hydrogen-bond donors (Lipinski definition) is 1. The second-order valence-electron chi connectivity index (χ2n) is 6.04. The first-order valence-electron chi connectivity index (χ1n) is 8.74. The highest BCUT2D eigenvalue weighted by molar-refractivity contribution is 7.18. The third-order valence-corrected chi connectivity index (χ3v) is 5.57. The van der Waals surface area contributed by atoms with Crippen molar-refractivity contribution in [3.8, 4) is 0 Å². The molecule has 24 heavy (non-hydrogen) atoms. The number of anilines is 1. The Balaban J connectivity index is 1.64. The van der Waals surface area contributed by atoms with E-state index in [1.165, 1.54) is 4.88 Å². The van der Waals surface area contributed by atoms with Gasteiger partial charge in [0.1, 0.15) is 17.0 Å². The molecule has 0 aromatic carbocycles. The number of hydrogen-bond acceptors (Lipinski definition) is 5. The van der Waals surface area contributed by atoms with E-state index in [9.17, 15) is 4.79 Å². The van der Waals surface area contributed by atoms with E-state index in [-0.39, 0.29) is 6.03 Å². The number of fused-ring (bicyclic) bond motifs is 1. The van der Waals surface area contributed by atoms with Crippen LogP contribution in [0.5, 0.6) is 0 Å². The zero-order valence-corrected chi connectivity index (χ0v) is 15.2. The average Bonchev–Trinajstić information content (AvgIpc) is 3.05. The van der Waals surface area contributed by atoms with Crippen LogP contribution < -0.4 is 10.2 Å². The van der Waals surface area contributed by atoms with Crippen LogP contribution in [0.4, 0.5) is 10.6 Å². The Kier molecular flexibility index (Phi) is 5.50. The molecule has 6 nitrogen and oxygen atoms in total. The molecule has 7 heteroatoms. The summed E-state index contributed by atoms with van der Waals surface area (Å²) in [5.74, 6) is 1.00. The smallest absolute Gasteiger partial charge is 0.317 e. The minimum absolute atomic E-state index is 0.0553. The summed E-state index contributed by atoms with van der Waals surface area (Å²) in [6, 6.07) is 2.26. The summed E-state index contributed by atoms with van der Waals surface area (Å²) in [6.07, 6.45) is 4.80. The van der Waals surface area contributed by atoms with Gasteiger partial charge in [0.2, 0.25) is 0 Å². The number of carbonyl (C=O) groups excluding carboxylic acids is 1. The van der Waals surface area contributed by atoms with Crippen LogP contribution in [0, 0.1) is 0 Å². The van der Waals surface area contributed by atoms with E-state index < -0.39 is 0 Å². The highest BCUT2D eigenvalue weighted by atomic mass is 32.1.